The van der Waals surface area contributed by atoms with Gasteiger partial charge in [-0.3, -0.25) is 4.79 Å². The van der Waals surface area contributed by atoms with Crippen molar-refractivity contribution in [1.29, 1.82) is 0 Å². The van der Waals surface area contributed by atoms with Crippen LogP contribution in [-0.2, 0) is 4.79 Å². The normalized spacial score (nSPS) is 23.0. The lowest BCUT2D eigenvalue weighted by Crippen LogP contribution is -2.15. The van der Waals surface area contributed by atoms with Gasteiger partial charge in [-0.1, -0.05) is 18.2 Å². The van der Waals surface area contributed by atoms with Crippen molar-refractivity contribution in [3.8, 4) is 5.75 Å². The average Bonchev–Trinajstić information content (AvgIpc) is 2.45. The summed E-state index contributed by atoms with van der Waals surface area (Å²) in [5.41, 5.74) is 1.31. The zero-order chi connectivity index (χ0) is 13.7. The van der Waals surface area contributed by atoms with Crippen molar-refractivity contribution in [3.05, 3.63) is 29.8 Å². The van der Waals surface area contributed by atoms with Crippen molar-refractivity contribution in [1.82, 2.24) is 0 Å². The second-order valence-electron chi connectivity index (χ2n) is 5.39. The van der Waals surface area contributed by atoms with Gasteiger partial charge in [-0.25, -0.2) is 0 Å². The zero-order valence-electron chi connectivity index (χ0n) is 11.5. The molecule has 3 heteroatoms. The number of ether oxygens (including phenoxy) is 1. The minimum absolute atomic E-state index is 0.310. The number of hydrogen-bond donors (Lipinski definition) is 1. The van der Waals surface area contributed by atoms with Crippen LogP contribution in [0.3, 0.4) is 0 Å². The lowest BCUT2D eigenvalue weighted by atomic mass is 9.77. The third-order valence-electron chi connectivity index (χ3n) is 4.19. The van der Waals surface area contributed by atoms with E-state index < -0.39 is 5.97 Å². The van der Waals surface area contributed by atoms with Crippen molar-refractivity contribution >= 4 is 5.97 Å². The van der Waals surface area contributed by atoms with Crippen molar-refractivity contribution in [2.24, 2.45) is 5.92 Å². The number of hydrogen-bond acceptors (Lipinski definition) is 2. The van der Waals surface area contributed by atoms with Gasteiger partial charge in [-0.05, 0) is 55.6 Å². The molecule has 1 aliphatic rings. The largest absolute Gasteiger partial charge is 0.496 e. The molecule has 0 atom stereocenters. The Kier molecular flexibility index (Phi) is 4.83. The Labute approximate surface area is 114 Å². The summed E-state index contributed by atoms with van der Waals surface area (Å²) >= 11 is 0. The molecule has 104 valence electrons. The van der Waals surface area contributed by atoms with Crippen molar-refractivity contribution < 1.29 is 14.6 Å². The first-order valence-electron chi connectivity index (χ1n) is 7.05. The second kappa shape index (κ2) is 6.60. The van der Waals surface area contributed by atoms with Crippen LogP contribution in [0, 0.1) is 5.92 Å². The number of methoxy groups -OCH3 is 1. The van der Waals surface area contributed by atoms with E-state index in [2.05, 4.69) is 12.1 Å². The van der Waals surface area contributed by atoms with Crippen LogP contribution >= 0.6 is 0 Å². The number of aliphatic carboxylic acids is 1. The lowest BCUT2D eigenvalue weighted by Gasteiger charge is -2.29. The lowest BCUT2D eigenvalue weighted by molar-refractivity contribution is -0.137. The maximum atomic E-state index is 10.6. The van der Waals surface area contributed by atoms with Crippen molar-refractivity contribution in [2.45, 2.75) is 44.4 Å². The van der Waals surface area contributed by atoms with Gasteiger partial charge in [0.05, 0.1) is 7.11 Å². The summed E-state index contributed by atoms with van der Waals surface area (Å²) in [4.78, 5) is 10.6. The number of para-hydroxylation sites is 1. The van der Waals surface area contributed by atoms with Gasteiger partial charge in [0.15, 0.2) is 0 Å². The summed E-state index contributed by atoms with van der Waals surface area (Å²) < 4.78 is 5.43. The molecule has 0 aromatic heterocycles. The highest BCUT2D eigenvalue weighted by Crippen LogP contribution is 2.40. The first-order chi connectivity index (χ1) is 9.20. The summed E-state index contributed by atoms with van der Waals surface area (Å²) in [6, 6.07) is 8.24. The number of carbonyl (C=O) groups is 1. The van der Waals surface area contributed by atoms with Crippen molar-refractivity contribution in [3.63, 3.8) is 0 Å². The molecule has 1 aromatic rings. The average molecular weight is 262 g/mol. The molecule has 19 heavy (non-hydrogen) atoms. The Bertz CT molecular complexity index is 420. The van der Waals surface area contributed by atoms with E-state index in [0.29, 0.717) is 18.3 Å². The highest BCUT2D eigenvalue weighted by Gasteiger charge is 2.24. The van der Waals surface area contributed by atoms with E-state index in [-0.39, 0.29) is 0 Å². The molecule has 0 radical (unpaired) electrons. The van der Waals surface area contributed by atoms with Gasteiger partial charge in [0.1, 0.15) is 5.75 Å². The molecule has 1 aliphatic carbocycles. The molecule has 0 unspecified atom stereocenters. The fourth-order valence-corrected chi connectivity index (χ4v) is 3.09. The molecular weight excluding hydrogens is 240 g/mol. The summed E-state index contributed by atoms with van der Waals surface area (Å²) in [6.45, 7) is 0. The summed E-state index contributed by atoms with van der Waals surface area (Å²) in [5.74, 6) is 1.46. The molecule has 0 bridgehead atoms. The smallest absolute Gasteiger partial charge is 0.303 e. The van der Waals surface area contributed by atoms with Crippen LogP contribution < -0.4 is 4.74 Å². The van der Waals surface area contributed by atoms with Gasteiger partial charge in [-0.15, -0.1) is 0 Å². The van der Waals surface area contributed by atoms with E-state index in [0.717, 1.165) is 37.9 Å². The Morgan fingerprint density at radius 2 is 1.95 bits per heavy atom. The maximum Gasteiger partial charge on any atom is 0.303 e. The van der Waals surface area contributed by atoms with Crippen LogP contribution in [0.25, 0.3) is 0 Å². The standard InChI is InChI=1S/C16H22O3/c1-19-15-5-3-2-4-14(15)13-9-6-12(7-10-13)8-11-16(17)18/h2-5,12-13H,6-11H2,1H3,(H,17,18). The quantitative estimate of drug-likeness (QED) is 0.877. The minimum Gasteiger partial charge on any atom is -0.496 e. The fourth-order valence-electron chi connectivity index (χ4n) is 3.09. The monoisotopic (exact) mass is 262 g/mol. The predicted octanol–water partition coefficient (Wildman–Crippen LogP) is 3.83. The highest BCUT2D eigenvalue weighted by atomic mass is 16.5. The van der Waals surface area contributed by atoms with Gasteiger partial charge in [-0.2, -0.15) is 0 Å². The molecular formula is C16H22O3. The van der Waals surface area contributed by atoms with Crippen LogP contribution in [0.1, 0.15) is 50.0 Å². The molecule has 2 rings (SSSR count). The van der Waals surface area contributed by atoms with Crippen LogP contribution in [0.4, 0.5) is 0 Å². The molecule has 0 spiro atoms. The van der Waals surface area contributed by atoms with Gasteiger partial charge in [0, 0.05) is 6.42 Å². The minimum atomic E-state index is -0.674. The Hall–Kier alpha value is -1.51. The Morgan fingerprint density at radius 1 is 1.26 bits per heavy atom. The summed E-state index contributed by atoms with van der Waals surface area (Å²) in [6.07, 6.45) is 5.69. The first-order valence-corrected chi connectivity index (χ1v) is 7.05. The molecule has 0 saturated heterocycles. The zero-order valence-corrected chi connectivity index (χ0v) is 11.5. The van der Waals surface area contributed by atoms with E-state index >= 15 is 0 Å². The van der Waals surface area contributed by atoms with Gasteiger partial charge in [0.25, 0.3) is 0 Å². The summed E-state index contributed by atoms with van der Waals surface area (Å²) in [5, 5.41) is 8.73. The highest BCUT2D eigenvalue weighted by molar-refractivity contribution is 5.66. The van der Waals surface area contributed by atoms with Crippen LogP contribution in [0.5, 0.6) is 5.75 Å². The van der Waals surface area contributed by atoms with E-state index in [1.54, 1.807) is 7.11 Å². The van der Waals surface area contributed by atoms with E-state index in [1.165, 1.54) is 5.56 Å². The number of carboxylic acids is 1. The van der Waals surface area contributed by atoms with Crippen LogP contribution in [0.2, 0.25) is 0 Å². The van der Waals surface area contributed by atoms with Gasteiger partial charge in [0.2, 0.25) is 0 Å². The first kappa shape index (κ1) is 13.9. The van der Waals surface area contributed by atoms with Gasteiger partial charge >= 0.3 is 5.97 Å². The van der Waals surface area contributed by atoms with E-state index in [1.807, 2.05) is 12.1 Å². The van der Waals surface area contributed by atoms with E-state index in [9.17, 15) is 4.79 Å². The van der Waals surface area contributed by atoms with Crippen LogP contribution in [-0.4, -0.2) is 18.2 Å². The van der Waals surface area contributed by atoms with Crippen molar-refractivity contribution in [2.75, 3.05) is 7.11 Å². The molecule has 0 aliphatic heterocycles. The molecule has 1 saturated carbocycles. The number of rotatable bonds is 5. The topological polar surface area (TPSA) is 46.5 Å². The number of carboxylic acid groups (broad SMARTS) is 1. The predicted molar refractivity (Wildman–Crippen MR) is 74.6 cm³/mol. The summed E-state index contributed by atoms with van der Waals surface area (Å²) in [7, 11) is 1.72. The molecule has 3 nitrogen and oxygen atoms in total. The molecule has 0 amide bonds. The van der Waals surface area contributed by atoms with Gasteiger partial charge < -0.3 is 9.84 Å². The van der Waals surface area contributed by atoms with Crippen LogP contribution in [0.15, 0.2) is 24.3 Å². The molecule has 1 N–H and O–H groups in total. The molecule has 1 fully saturated rings. The Morgan fingerprint density at radius 3 is 2.58 bits per heavy atom. The molecule has 1 aromatic carbocycles. The Balaban J connectivity index is 1.90. The third kappa shape index (κ3) is 3.72. The van der Waals surface area contributed by atoms with E-state index in [4.69, 9.17) is 9.84 Å². The fraction of sp³-hybridized carbons (Fsp3) is 0.562. The second-order valence-corrected chi connectivity index (χ2v) is 5.39. The maximum absolute atomic E-state index is 10.6. The SMILES string of the molecule is COc1ccccc1C1CCC(CCC(=O)O)CC1. The number of benzene rings is 1. The molecule has 0 heterocycles. The third-order valence-corrected chi connectivity index (χ3v) is 4.19.